The smallest absolute Gasteiger partial charge is 0.243 e. The van der Waals surface area contributed by atoms with Crippen molar-refractivity contribution in [2.75, 3.05) is 7.05 Å². The van der Waals surface area contributed by atoms with Gasteiger partial charge in [0.1, 0.15) is 0 Å². The van der Waals surface area contributed by atoms with Crippen LogP contribution < -0.4 is 5.32 Å². The molecule has 0 unspecified atom stereocenters. The summed E-state index contributed by atoms with van der Waals surface area (Å²) in [4.78, 5) is 10.8. The molecular weight excluding hydrogens is 186 g/mol. The van der Waals surface area contributed by atoms with Crippen LogP contribution in [0.4, 0.5) is 0 Å². The number of carbonyl (C=O) groups excluding carboxylic acids is 1. The van der Waals surface area contributed by atoms with Crippen molar-refractivity contribution in [3.63, 3.8) is 0 Å². The molecule has 1 N–H and O–H groups in total. The van der Waals surface area contributed by atoms with Crippen molar-refractivity contribution in [1.29, 1.82) is 0 Å². The summed E-state index contributed by atoms with van der Waals surface area (Å²) in [6.07, 6.45) is 6.60. The number of carbonyl (C=O) groups is 1. The maximum atomic E-state index is 10.8. The Balaban J connectivity index is 2.17. The normalized spacial score (nSPS) is 10.5. The average Bonchev–Trinajstić information content (AvgIpc) is 2.29. The van der Waals surface area contributed by atoms with Crippen LogP contribution in [0.15, 0.2) is 42.5 Å². The second kappa shape index (κ2) is 6.82. The first-order chi connectivity index (χ1) is 7.33. The van der Waals surface area contributed by atoms with E-state index in [4.69, 9.17) is 0 Å². The fraction of sp³-hybridized carbons (Fsp3) is 0.308. The molecule has 1 amide bonds. The summed E-state index contributed by atoms with van der Waals surface area (Å²) in [7, 11) is 1.64. The molecule has 2 heteroatoms. The van der Waals surface area contributed by atoms with E-state index in [0.717, 1.165) is 19.3 Å². The van der Waals surface area contributed by atoms with Crippen LogP contribution in [0.2, 0.25) is 0 Å². The van der Waals surface area contributed by atoms with Crippen LogP contribution in [-0.4, -0.2) is 13.0 Å². The van der Waals surface area contributed by atoms with Gasteiger partial charge in [-0.1, -0.05) is 36.4 Å². The maximum Gasteiger partial charge on any atom is 0.243 e. The van der Waals surface area contributed by atoms with Gasteiger partial charge < -0.3 is 5.32 Å². The molecule has 0 saturated carbocycles. The molecule has 0 aromatic heterocycles. The van der Waals surface area contributed by atoms with E-state index in [1.807, 2.05) is 12.1 Å². The lowest BCUT2D eigenvalue weighted by molar-refractivity contribution is -0.116. The number of aryl methyl sites for hydroxylation is 1. The lowest BCUT2D eigenvalue weighted by Gasteiger charge is -1.97. The first kappa shape index (κ1) is 11.5. The quantitative estimate of drug-likeness (QED) is 0.577. The predicted octanol–water partition coefficient (Wildman–Crippen LogP) is 2.31. The molecule has 15 heavy (non-hydrogen) atoms. The first-order valence-electron chi connectivity index (χ1n) is 5.25. The molecule has 1 aromatic rings. The minimum atomic E-state index is -0.0327. The van der Waals surface area contributed by atoms with Gasteiger partial charge in [-0.25, -0.2) is 0 Å². The summed E-state index contributed by atoms with van der Waals surface area (Å²) in [5, 5.41) is 2.55. The Morgan fingerprint density at radius 2 is 2.07 bits per heavy atom. The third kappa shape index (κ3) is 5.01. The highest BCUT2D eigenvalue weighted by atomic mass is 16.1. The van der Waals surface area contributed by atoms with E-state index in [1.54, 1.807) is 13.1 Å². The molecule has 0 radical (unpaired) electrons. The molecule has 1 aromatic carbocycles. The number of likely N-dealkylation sites (N-methyl/N-ethyl adjacent to an activating group) is 1. The predicted molar refractivity (Wildman–Crippen MR) is 62.6 cm³/mol. The van der Waals surface area contributed by atoms with Crippen molar-refractivity contribution in [3.8, 4) is 0 Å². The van der Waals surface area contributed by atoms with Crippen LogP contribution in [-0.2, 0) is 11.2 Å². The lowest BCUT2D eigenvalue weighted by atomic mass is 10.1. The molecule has 0 aliphatic heterocycles. The zero-order chi connectivity index (χ0) is 10.9. The number of hydrogen-bond donors (Lipinski definition) is 1. The van der Waals surface area contributed by atoms with Crippen molar-refractivity contribution in [3.05, 3.63) is 48.0 Å². The molecule has 0 fully saturated rings. The van der Waals surface area contributed by atoms with Gasteiger partial charge in [0.25, 0.3) is 0 Å². The van der Waals surface area contributed by atoms with Crippen LogP contribution in [0.25, 0.3) is 0 Å². The SMILES string of the molecule is CNC(=O)C=CCCCc1ccccc1. The minimum absolute atomic E-state index is 0.0327. The molecule has 0 bridgehead atoms. The minimum Gasteiger partial charge on any atom is -0.356 e. The van der Waals surface area contributed by atoms with Gasteiger partial charge in [-0.05, 0) is 30.9 Å². The first-order valence-corrected chi connectivity index (χ1v) is 5.25. The Hall–Kier alpha value is -1.57. The van der Waals surface area contributed by atoms with Crippen molar-refractivity contribution in [2.24, 2.45) is 0 Å². The van der Waals surface area contributed by atoms with Crippen molar-refractivity contribution in [2.45, 2.75) is 19.3 Å². The monoisotopic (exact) mass is 203 g/mol. The molecule has 80 valence electrons. The van der Waals surface area contributed by atoms with E-state index in [0.29, 0.717) is 0 Å². The van der Waals surface area contributed by atoms with E-state index in [1.165, 1.54) is 5.56 Å². The molecule has 0 atom stereocenters. The molecule has 0 aliphatic carbocycles. The zero-order valence-electron chi connectivity index (χ0n) is 9.07. The van der Waals surface area contributed by atoms with Crippen LogP contribution in [0.5, 0.6) is 0 Å². The van der Waals surface area contributed by atoms with Crippen LogP contribution in [0.1, 0.15) is 18.4 Å². The molecule has 0 spiro atoms. The average molecular weight is 203 g/mol. The Kier molecular flexibility index (Phi) is 5.23. The number of rotatable bonds is 5. The van der Waals surface area contributed by atoms with Crippen LogP contribution >= 0.6 is 0 Å². The summed E-state index contributed by atoms with van der Waals surface area (Å²) in [5.41, 5.74) is 1.35. The second-order valence-corrected chi connectivity index (χ2v) is 3.39. The Labute approximate surface area is 91.0 Å². The second-order valence-electron chi connectivity index (χ2n) is 3.39. The number of benzene rings is 1. The topological polar surface area (TPSA) is 29.1 Å². The summed E-state index contributed by atoms with van der Waals surface area (Å²) in [6.45, 7) is 0. The highest BCUT2D eigenvalue weighted by molar-refractivity contribution is 5.87. The molecule has 0 aliphatic rings. The number of amides is 1. The van der Waals surface area contributed by atoms with Gasteiger partial charge in [0.2, 0.25) is 5.91 Å². The number of nitrogens with one attached hydrogen (secondary N) is 1. The van der Waals surface area contributed by atoms with E-state index in [9.17, 15) is 4.79 Å². The fourth-order valence-corrected chi connectivity index (χ4v) is 1.34. The van der Waals surface area contributed by atoms with E-state index >= 15 is 0 Å². The summed E-state index contributed by atoms with van der Waals surface area (Å²) in [6, 6.07) is 10.4. The van der Waals surface area contributed by atoms with Crippen LogP contribution in [0, 0.1) is 0 Å². The third-order valence-electron chi connectivity index (χ3n) is 2.19. The number of hydrogen-bond acceptors (Lipinski definition) is 1. The van der Waals surface area contributed by atoms with Gasteiger partial charge in [-0.2, -0.15) is 0 Å². The van der Waals surface area contributed by atoms with Gasteiger partial charge in [-0.15, -0.1) is 0 Å². The van der Waals surface area contributed by atoms with Crippen molar-refractivity contribution >= 4 is 5.91 Å². The van der Waals surface area contributed by atoms with Gasteiger partial charge in [0.15, 0.2) is 0 Å². The lowest BCUT2D eigenvalue weighted by Crippen LogP contribution is -2.13. The molecule has 0 saturated heterocycles. The Morgan fingerprint density at radius 3 is 2.73 bits per heavy atom. The fourth-order valence-electron chi connectivity index (χ4n) is 1.34. The summed E-state index contributed by atoms with van der Waals surface area (Å²) < 4.78 is 0. The van der Waals surface area contributed by atoms with Crippen LogP contribution in [0.3, 0.4) is 0 Å². The van der Waals surface area contributed by atoms with E-state index < -0.39 is 0 Å². The molecule has 0 heterocycles. The number of allylic oxidation sites excluding steroid dienone is 1. The molecule has 1 rings (SSSR count). The van der Waals surface area contributed by atoms with E-state index in [2.05, 4.69) is 29.6 Å². The van der Waals surface area contributed by atoms with Crippen molar-refractivity contribution in [1.82, 2.24) is 5.32 Å². The van der Waals surface area contributed by atoms with Gasteiger partial charge in [-0.3, -0.25) is 4.79 Å². The summed E-state index contributed by atoms with van der Waals surface area (Å²) in [5.74, 6) is -0.0327. The number of unbranched alkanes of at least 4 members (excludes halogenated alkanes) is 1. The third-order valence-corrected chi connectivity index (χ3v) is 2.19. The zero-order valence-corrected chi connectivity index (χ0v) is 9.07. The summed E-state index contributed by atoms with van der Waals surface area (Å²) >= 11 is 0. The van der Waals surface area contributed by atoms with Gasteiger partial charge in [0, 0.05) is 7.05 Å². The van der Waals surface area contributed by atoms with E-state index in [-0.39, 0.29) is 5.91 Å². The largest absolute Gasteiger partial charge is 0.356 e. The standard InChI is InChI=1S/C13H17NO/c1-14-13(15)11-7-3-6-10-12-8-4-2-5-9-12/h2,4-5,7-9,11H,3,6,10H2,1H3,(H,14,15). The Morgan fingerprint density at radius 1 is 1.33 bits per heavy atom. The Bertz CT molecular complexity index is 317. The van der Waals surface area contributed by atoms with Crippen molar-refractivity contribution < 1.29 is 4.79 Å². The van der Waals surface area contributed by atoms with Gasteiger partial charge >= 0.3 is 0 Å². The molecular formula is C13H17NO. The highest BCUT2D eigenvalue weighted by Crippen LogP contribution is 2.04. The highest BCUT2D eigenvalue weighted by Gasteiger charge is 1.91. The van der Waals surface area contributed by atoms with Gasteiger partial charge in [0.05, 0.1) is 0 Å². The maximum absolute atomic E-state index is 10.8. The molecule has 2 nitrogen and oxygen atoms in total.